The summed E-state index contributed by atoms with van der Waals surface area (Å²) in [6, 6.07) is 10.5. The first kappa shape index (κ1) is 13.9. The van der Waals surface area contributed by atoms with E-state index >= 15 is 0 Å². The quantitative estimate of drug-likeness (QED) is 0.694. The fourth-order valence-electron chi connectivity index (χ4n) is 3.16. The topological polar surface area (TPSA) is 38.1 Å². The molecule has 0 saturated carbocycles. The third-order valence-corrected chi connectivity index (χ3v) is 4.38. The minimum Gasteiger partial charge on any atom is -0.333 e. The maximum atomic E-state index is 13.4. The SMILES string of the molecule is Cc1ccc2nc(N3Cc4ccc(F)cc4C3)n(C)c(=O)c2c1. The molecule has 2 heterocycles. The van der Waals surface area contributed by atoms with Crippen LogP contribution in [0, 0.1) is 12.7 Å². The predicted molar refractivity (Wildman–Crippen MR) is 88.0 cm³/mol. The van der Waals surface area contributed by atoms with Gasteiger partial charge in [-0.05, 0) is 42.3 Å². The summed E-state index contributed by atoms with van der Waals surface area (Å²) in [7, 11) is 1.73. The molecule has 0 fully saturated rings. The fraction of sp³-hybridized carbons (Fsp3) is 0.222. The van der Waals surface area contributed by atoms with Crippen molar-refractivity contribution in [2.24, 2.45) is 7.05 Å². The van der Waals surface area contributed by atoms with Crippen LogP contribution in [-0.2, 0) is 20.1 Å². The van der Waals surface area contributed by atoms with E-state index in [2.05, 4.69) is 4.98 Å². The van der Waals surface area contributed by atoms with Gasteiger partial charge in [0.2, 0.25) is 5.95 Å². The van der Waals surface area contributed by atoms with Crippen LogP contribution in [0.1, 0.15) is 16.7 Å². The predicted octanol–water partition coefficient (Wildman–Crippen LogP) is 2.90. The van der Waals surface area contributed by atoms with Crippen molar-refractivity contribution in [2.45, 2.75) is 20.0 Å². The highest BCUT2D eigenvalue weighted by Crippen LogP contribution is 2.27. The first-order valence-electron chi connectivity index (χ1n) is 7.52. The molecule has 0 radical (unpaired) electrons. The van der Waals surface area contributed by atoms with Crippen LogP contribution in [0.2, 0.25) is 0 Å². The Hall–Kier alpha value is -2.69. The van der Waals surface area contributed by atoms with Crippen LogP contribution >= 0.6 is 0 Å². The third-order valence-electron chi connectivity index (χ3n) is 4.38. The normalized spacial score (nSPS) is 13.6. The molecule has 3 aromatic rings. The number of hydrogen-bond donors (Lipinski definition) is 0. The number of benzene rings is 2. The molecule has 0 spiro atoms. The smallest absolute Gasteiger partial charge is 0.262 e. The maximum Gasteiger partial charge on any atom is 0.262 e. The van der Waals surface area contributed by atoms with E-state index in [1.807, 2.05) is 30.0 Å². The van der Waals surface area contributed by atoms with Crippen LogP contribution in [0.15, 0.2) is 41.2 Å². The molecule has 5 heteroatoms. The van der Waals surface area contributed by atoms with Crippen LogP contribution in [-0.4, -0.2) is 9.55 Å². The van der Waals surface area contributed by atoms with Gasteiger partial charge in [0.15, 0.2) is 0 Å². The van der Waals surface area contributed by atoms with Gasteiger partial charge in [0.1, 0.15) is 5.82 Å². The molecular weight excluding hydrogens is 293 g/mol. The fourth-order valence-corrected chi connectivity index (χ4v) is 3.16. The van der Waals surface area contributed by atoms with Gasteiger partial charge in [0.25, 0.3) is 5.56 Å². The van der Waals surface area contributed by atoms with Gasteiger partial charge >= 0.3 is 0 Å². The summed E-state index contributed by atoms with van der Waals surface area (Å²) in [6.45, 7) is 3.15. The van der Waals surface area contributed by atoms with Crippen molar-refractivity contribution in [3.8, 4) is 0 Å². The lowest BCUT2D eigenvalue weighted by molar-refractivity contribution is 0.626. The summed E-state index contributed by atoms with van der Waals surface area (Å²) in [5.41, 5.74) is 3.69. The molecule has 0 N–H and O–H groups in total. The van der Waals surface area contributed by atoms with E-state index in [1.165, 1.54) is 6.07 Å². The molecule has 1 aliphatic rings. The highest BCUT2D eigenvalue weighted by Gasteiger charge is 2.23. The van der Waals surface area contributed by atoms with Gasteiger partial charge in [0.05, 0.1) is 10.9 Å². The number of fused-ring (bicyclic) bond motifs is 2. The molecule has 0 aliphatic carbocycles. The van der Waals surface area contributed by atoms with Gasteiger partial charge in [-0.1, -0.05) is 17.7 Å². The van der Waals surface area contributed by atoms with E-state index < -0.39 is 0 Å². The van der Waals surface area contributed by atoms with Crippen molar-refractivity contribution in [2.75, 3.05) is 4.90 Å². The first-order chi connectivity index (χ1) is 11.0. The monoisotopic (exact) mass is 309 g/mol. The van der Waals surface area contributed by atoms with Crippen LogP contribution in [0.5, 0.6) is 0 Å². The summed E-state index contributed by atoms with van der Waals surface area (Å²) in [4.78, 5) is 19.3. The molecule has 116 valence electrons. The summed E-state index contributed by atoms with van der Waals surface area (Å²) < 4.78 is 15.0. The van der Waals surface area contributed by atoms with Crippen molar-refractivity contribution >= 4 is 16.9 Å². The number of halogens is 1. The lowest BCUT2D eigenvalue weighted by Gasteiger charge is -2.20. The summed E-state index contributed by atoms with van der Waals surface area (Å²) >= 11 is 0. The van der Waals surface area contributed by atoms with Gasteiger partial charge in [-0.25, -0.2) is 9.37 Å². The molecule has 0 atom stereocenters. The highest BCUT2D eigenvalue weighted by molar-refractivity contribution is 5.79. The van der Waals surface area contributed by atoms with E-state index in [9.17, 15) is 9.18 Å². The second-order valence-electron chi connectivity index (χ2n) is 6.07. The number of aryl methyl sites for hydroxylation is 1. The van der Waals surface area contributed by atoms with Crippen molar-refractivity contribution in [1.82, 2.24) is 9.55 Å². The second-order valence-corrected chi connectivity index (χ2v) is 6.07. The van der Waals surface area contributed by atoms with E-state index in [-0.39, 0.29) is 11.4 Å². The second kappa shape index (κ2) is 4.91. The molecule has 4 nitrogen and oxygen atoms in total. The largest absolute Gasteiger partial charge is 0.333 e. The molecule has 0 saturated heterocycles. The number of hydrogen-bond acceptors (Lipinski definition) is 3. The standard InChI is InChI=1S/C18H16FN3O/c1-11-3-6-16-15(7-11)17(23)21(2)18(20-16)22-9-12-4-5-14(19)8-13(12)10-22/h3-8H,9-10H2,1-2H3. The van der Waals surface area contributed by atoms with Gasteiger partial charge in [0, 0.05) is 20.1 Å². The zero-order valence-electron chi connectivity index (χ0n) is 13.0. The van der Waals surface area contributed by atoms with Gasteiger partial charge in [-0.2, -0.15) is 0 Å². The average Bonchev–Trinajstić information content (AvgIpc) is 2.94. The highest BCUT2D eigenvalue weighted by atomic mass is 19.1. The zero-order chi connectivity index (χ0) is 16.1. The molecular formula is C18H16FN3O. The minimum atomic E-state index is -0.235. The Bertz CT molecular complexity index is 993. The molecule has 23 heavy (non-hydrogen) atoms. The third kappa shape index (κ3) is 2.20. The summed E-state index contributed by atoms with van der Waals surface area (Å²) in [5.74, 6) is 0.379. The lowest BCUT2D eigenvalue weighted by Crippen LogP contribution is -2.28. The summed E-state index contributed by atoms with van der Waals surface area (Å²) in [6.07, 6.45) is 0. The van der Waals surface area contributed by atoms with Crippen LogP contribution in [0.3, 0.4) is 0 Å². The number of nitrogens with zero attached hydrogens (tertiary/aromatic N) is 3. The van der Waals surface area contributed by atoms with Crippen molar-refractivity contribution in [3.05, 3.63) is 69.3 Å². The van der Waals surface area contributed by atoms with Crippen LogP contribution in [0.4, 0.5) is 10.3 Å². The molecule has 4 rings (SSSR count). The van der Waals surface area contributed by atoms with Gasteiger partial charge in [-0.15, -0.1) is 0 Å². The minimum absolute atomic E-state index is 0.0594. The van der Waals surface area contributed by atoms with Crippen LogP contribution < -0.4 is 10.5 Å². The Morgan fingerprint density at radius 1 is 1.09 bits per heavy atom. The van der Waals surface area contributed by atoms with E-state index in [4.69, 9.17) is 0 Å². The molecule has 1 aliphatic heterocycles. The Balaban J connectivity index is 1.83. The Kier molecular flexibility index (Phi) is 2.98. The molecule has 1 aromatic heterocycles. The van der Waals surface area contributed by atoms with E-state index in [1.54, 1.807) is 23.7 Å². The number of aromatic nitrogens is 2. The Labute approximate surface area is 132 Å². The number of rotatable bonds is 1. The molecule has 0 amide bonds. The first-order valence-corrected chi connectivity index (χ1v) is 7.52. The average molecular weight is 309 g/mol. The molecule has 0 unspecified atom stereocenters. The van der Waals surface area contributed by atoms with Gasteiger partial charge in [-0.3, -0.25) is 9.36 Å². The number of anilines is 1. The van der Waals surface area contributed by atoms with Crippen LogP contribution in [0.25, 0.3) is 10.9 Å². The zero-order valence-corrected chi connectivity index (χ0v) is 13.0. The molecule has 0 bridgehead atoms. The Morgan fingerprint density at radius 3 is 2.70 bits per heavy atom. The van der Waals surface area contributed by atoms with Gasteiger partial charge < -0.3 is 4.90 Å². The lowest BCUT2D eigenvalue weighted by atomic mass is 10.1. The van der Waals surface area contributed by atoms with E-state index in [0.29, 0.717) is 29.9 Å². The summed E-state index contributed by atoms with van der Waals surface area (Å²) in [5, 5.41) is 0.624. The van der Waals surface area contributed by atoms with Crippen molar-refractivity contribution in [1.29, 1.82) is 0 Å². The maximum absolute atomic E-state index is 13.4. The Morgan fingerprint density at radius 2 is 1.87 bits per heavy atom. The van der Waals surface area contributed by atoms with Crippen molar-refractivity contribution in [3.63, 3.8) is 0 Å². The van der Waals surface area contributed by atoms with E-state index in [0.717, 1.165) is 16.7 Å². The molecule has 2 aromatic carbocycles. The van der Waals surface area contributed by atoms with Crippen molar-refractivity contribution < 1.29 is 4.39 Å².